The summed E-state index contributed by atoms with van der Waals surface area (Å²) in [7, 11) is 0. The molecule has 6 nitrogen and oxygen atoms in total. The fraction of sp³-hybridized carbons (Fsp3) is 0.316. The minimum atomic E-state index is -0.241. The van der Waals surface area contributed by atoms with Crippen molar-refractivity contribution in [3.8, 4) is 0 Å². The quantitative estimate of drug-likeness (QED) is 0.515. The van der Waals surface area contributed by atoms with Crippen molar-refractivity contribution in [1.29, 1.82) is 0 Å². The van der Waals surface area contributed by atoms with Crippen LogP contribution in [0, 0.1) is 0 Å². The van der Waals surface area contributed by atoms with E-state index in [2.05, 4.69) is 23.9 Å². The molecule has 0 aliphatic carbocycles. The van der Waals surface area contributed by atoms with E-state index in [1.54, 1.807) is 15.9 Å². The average Bonchev–Trinajstić information content (AvgIpc) is 3.23. The highest BCUT2D eigenvalue weighted by Gasteiger charge is 2.31. The smallest absolute Gasteiger partial charge is 0.352 e. The van der Waals surface area contributed by atoms with Crippen LogP contribution >= 0.6 is 22.9 Å². The predicted molar refractivity (Wildman–Crippen MR) is 106 cm³/mol. The third-order valence-corrected chi connectivity index (χ3v) is 6.43. The fourth-order valence-corrected chi connectivity index (χ4v) is 4.97. The molecule has 0 saturated heterocycles. The number of rotatable bonds is 2. The van der Waals surface area contributed by atoms with E-state index in [0.29, 0.717) is 23.8 Å². The Morgan fingerprint density at radius 2 is 2.07 bits per heavy atom. The molecule has 1 aromatic carbocycles. The average molecular weight is 401 g/mol. The van der Waals surface area contributed by atoms with Crippen molar-refractivity contribution in [3.63, 3.8) is 0 Å². The summed E-state index contributed by atoms with van der Waals surface area (Å²) < 4.78 is 9.15. The monoisotopic (exact) mass is 400 g/mol. The molecule has 0 N–H and O–H groups in total. The van der Waals surface area contributed by atoms with Crippen LogP contribution in [0.15, 0.2) is 35.4 Å². The van der Waals surface area contributed by atoms with Crippen molar-refractivity contribution >= 4 is 38.8 Å². The first-order chi connectivity index (χ1) is 12.9. The SMILES string of the molecule is CC1(C)Cc2c(sc3c2c2ncnn2c(=O)n3Cc2ccc(Cl)cc2)CO1. The Bertz CT molecular complexity index is 1240. The second-order valence-electron chi connectivity index (χ2n) is 7.40. The van der Waals surface area contributed by atoms with Crippen LogP contribution in [0.2, 0.25) is 5.02 Å². The van der Waals surface area contributed by atoms with E-state index in [1.807, 2.05) is 24.3 Å². The lowest BCUT2D eigenvalue weighted by Gasteiger charge is -2.30. The number of aromatic nitrogens is 4. The summed E-state index contributed by atoms with van der Waals surface area (Å²) in [5, 5.41) is 5.86. The first-order valence-corrected chi connectivity index (χ1v) is 9.87. The van der Waals surface area contributed by atoms with Gasteiger partial charge in [0.15, 0.2) is 5.65 Å². The van der Waals surface area contributed by atoms with E-state index >= 15 is 0 Å². The second-order valence-corrected chi connectivity index (χ2v) is 8.92. The van der Waals surface area contributed by atoms with Crippen LogP contribution in [-0.2, 0) is 24.3 Å². The molecule has 1 aliphatic rings. The maximum atomic E-state index is 13.1. The van der Waals surface area contributed by atoms with Crippen LogP contribution in [0.5, 0.6) is 0 Å². The third kappa shape index (κ3) is 2.69. The van der Waals surface area contributed by atoms with E-state index in [4.69, 9.17) is 16.3 Å². The summed E-state index contributed by atoms with van der Waals surface area (Å²) in [5.74, 6) is 0. The number of ether oxygens (including phenoxy) is 1. The summed E-state index contributed by atoms with van der Waals surface area (Å²) in [4.78, 5) is 19.5. The van der Waals surface area contributed by atoms with Crippen molar-refractivity contribution in [2.45, 2.75) is 39.0 Å². The Balaban J connectivity index is 1.79. The summed E-state index contributed by atoms with van der Waals surface area (Å²) in [6.07, 6.45) is 2.22. The minimum Gasteiger partial charge on any atom is -0.370 e. The number of benzene rings is 1. The molecule has 0 bridgehead atoms. The highest BCUT2D eigenvalue weighted by molar-refractivity contribution is 7.19. The van der Waals surface area contributed by atoms with Crippen LogP contribution < -0.4 is 5.69 Å². The van der Waals surface area contributed by atoms with Gasteiger partial charge >= 0.3 is 5.69 Å². The van der Waals surface area contributed by atoms with Gasteiger partial charge in [-0.3, -0.25) is 4.57 Å². The minimum absolute atomic E-state index is 0.191. The van der Waals surface area contributed by atoms with Gasteiger partial charge in [0.05, 0.1) is 24.1 Å². The third-order valence-electron chi connectivity index (χ3n) is 4.95. The highest BCUT2D eigenvalue weighted by atomic mass is 35.5. The lowest BCUT2D eigenvalue weighted by atomic mass is 9.94. The van der Waals surface area contributed by atoms with Gasteiger partial charge in [-0.1, -0.05) is 23.7 Å². The molecular formula is C19H17ClN4O2S. The van der Waals surface area contributed by atoms with Gasteiger partial charge in [-0.05, 0) is 37.1 Å². The topological polar surface area (TPSA) is 61.4 Å². The van der Waals surface area contributed by atoms with E-state index in [0.717, 1.165) is 27.1 Å². The van der Waals surface area contributed by atoms with Crippen LogP contribution in [0.4, 0.5) is 0 Å². The molecule has 8 heteroatoms. The molecule has 1 aliphatic heterocycles. The van der Waals surface area contributed by atoms with Crippen molar-refractivity contribution in [2.75, 3.05) is 0 Å². The first-order valence-electron chi connectivity index (χ1n) is 8.68. The van der Waals surface area contributed by atoms with Crippen LogP contribution in [0.1, 0.15) is 29.9 Å². The van der Waals surface area contributed by atoms with Crippen LogP contribution in [0.3, 0.4) is 0 Å². The number of hydrogen-bond donors (Lipinski definition) is 0. The van der Waals surface area contributed by atoms with Crippen LogP contribution in [0.25, 0.3) is 15.9 Å². The van der Waals surface area contributed by atoms with Crippen LogP contribution in [-0.4, -0.2) is 24.8 Å². The molecule has 27 heavy (non-hydrogen) atoms. The van der Waals surface area contributed by atoms with Crippen molar-refractivity contribution in [1.82, 2.24) is 19.2 Å². The Morgan fingerprint density at radius 1 is 1.30 bits per heavy atom. The predicted octanol–water partition coefficient (Wildman–Crippen LogP) is 3.66. The lowest BCUT2D eigenvalue weighted by molar-refractivity contribution is -0.0379. The Morgan fingerprint density at radius 3 is 2.85 bits per heavy atom. The Labute approximate surface area is 164 Å². The van der Waals surface area contributed by atoms with Crippen molar-refractivity contribution < 1.29 is 4.74 Å². The zero-order chi connectivity index (χ0) is 18.8. The molecule has 0 unspecified atom stereocenters. The molecule has 4 heterocycles. The fourth-order valence-electron chi connectivity index (χ4n) is 3.62. The van der Waals surface area contributed by atoms with E-state index in [1.165, 1.54) is 16.4 Å². The summed E-state index contributed by atoms with van der Waals surface area (Å²) in [6, 6.07) is 7.55. The van der Waals surface area contributed by atoms with Gasteiger partial charge in [0.2, 0.25) is 0 Å². The largest absolute Gasteiger partial charge is 0.370 e. The zero-order valence-electron chi connectivity index (χ0n) is 14.9. The van der Waals surface area contributed by atoms with E-state index in [9.17, 15) is 4.79 Å². The zero-order valence-corrected chi connectivity index (χ0v) is 16.5. The molecule has 0 fully saturated rings. The molecule has 4 aromatic rings. The van der Waals surface area contributed by atoms with E-state index in [-0.39, 0.29) is 11.3 Å². The Hall–Kier alpha value is -2.22. The normalized spacial score (nSPS) is 16.1. The summed E-state index contributed by atoms with van der Waals surface area (Å²) in [5.41, 5.74) is 2.41. The molecule has 0 spiro atoms. The highest BCUT2D eigenvalue weighted by Crippen LogP contribution is 2.39. The molecule has 0 atom stereocenters. The number of thiophene rings is 1. The van der Waals surface area contributed by atoms with Gasteiger partial charge in [-0.2, -0.15) is 9.61 Å². The number of halogens is 1. The number of nitrogens with zero attached hydrogens (tertiary/aromatic N) is 4. The van der Waals surface area contributed by atoms with Gasteiger partial charge in [0.1, 0.15) is 11.2 Å². The summed E-state index contributed by atoms with van der Waals surface area (Å²) in [6.45, 7) is 5.18. The number of fused-ring (bicyclic) bond motifs is 5. The van der Waals surface area contributed by atoms with Gasteiger partial charge in [-0.15, -0.1) is 11.3 Å². The second kappa shape index (κ2) is 5.89. The first kappa shape index (κ1) is 16.9. The van der Waals surface area contributed by atoms with E-state index < -0.39 is 0 Å². The van der Waals surface area contributed by atoms with Gasteiger partial charge in [0.25, 0.3) is 0 Å². The molecule has 0 amide bonds. The molecule has 138 valence electrons. The number of hydrogen-bond acceptors (Lipinski definition) is 5. The lowest BCUT2D eigenvalue weighted by Crippen LogP contribution is -2.31. The molecular weight excluding hydrogens is 384 g/mol. The maximum absolute atomic E-state index is 13.1. The van der Waals surface area contributed by atoms with Gasteiger partial charge < -0.3 is 4.74 Å². The molecule has 3 aromatic heterocycles. The molecule has 5 rings (SSSR count). The Kier molecular flexibility index (Phi) is 3.69. The van der Waals surface area contributed by atoms with Crippen molar-refractivity contribution in [3.05, 3.63) is 62.1 Å². The van der Waals surface area contributed by atoms with Gasteiger partial charge in [-0.25, -0.2) is 9.78 Å². The maximum Gasteiger partial charge on any atom is 0.352 e. The molecule has 0 radical (unpaired) electrons. The van der Waals surface area contributed by atoms with Crippen molar-refractivity contribution in [2.24, 2.45) is 0 Å². The van der Waals surface area contributed by atoms with Gasteiger partial charge in [0, 0.05) is 16.3 Å². The standard InChI is InChI=1S/C19H17ClN4O2S/c1-19(2)7-13-14(9-26-19)27-17-15(13)16-21-10-22-24(16)18(25)23(17)8-11-3-5-12(20)6-4-11/h3-6,10H,7-9H2,1-2H3. The summed E-state index contributed by atoms with van der Waals surface area (Å²) >= 11 is 7.61. The molecule has 0 saturated carbocycles.